The summed E-state index contributed by atoms with van der Waals surface area (Å²) in [6.07, 6.45) is 0.885. The van der Waals surface area contributed by atoms with E-state index in [4.69, 9.17) is 51.8 Å². The van der Waals surface area contributed by atoms with Gasteiger partial charge in [-0.05, 0) is 35.3 Å². The van der Waals surface area contributed by atoms with Crippen molar-refractivity contribution < 1.29 is 14.3 Å². The Bertz CT molecular complexity index is 1070. The molecule has 0 saturated carbocycles. The van der Waals surface area contributed by atoms with E-state index in [2.05, 4.69) is 5.32 Å². The van der Waals surface area contributed by atoms with Crippen molar-refractivity contribution in [1.82, 2.24) is 10.2 Å². The van der Waals surface area contributed by atoms with Crippen molar-refractivity contribution in [2.45, 2.75) is 36.8 Å². The molecule has 2 aromatic carbocycles. The number of rotatable bonds is 8. The van der Waals surface area contributed by atoms with Crippen LogP contribution in [-0.4, -0.2) is 31.1 Å². The van der Waals surface area contributed by atoms with Gasteiger partial charge in [-0.3, -0.25) is 14.5 Å². The van der Waals surface area contributed by atoms with Crippen LogP contribution in [0.25, 0.3) is 6.08 Å². The van der Waals surface area contributed by atoms with Gasteiger partial charge in [0, 0.05) is 6.42 Å². The van der Waals surface area contributed by atoms with Gasteiger partial charge in [-0.15, -0.1) is 0 Å². The number of nitrogens with one attached hydrogen (secondary N) is 1. The van der Waals surface area contributed by atoms with E-state index in [9.17, 15) is 9.59 Å². The van der Waals surface area contributed by atoms with E-state index in [1.807, 2.05) is 44.2 Å². The Balaban J connectivity index is 1.68. The first-order valence-electron chi connectivity index (χ1n) is 10.4. The van der Waals surface area contributed by atoms with Crippen LogP contribution in [-0.2, 0) is 16.1 Å². The molecule has 0 bridgehead atoms. The fourth-order valence-corrected chi connectivity index (χ4v) is 4.64. The van der Waals surface area contributed by atoms with Crippen LogP contribution in [0.1, 0.15) is 31.4 Å². The number of benzene rings is 2. The highest BCUT2D eigenvalue weighted by atomic mass is 35.6. The van der Waals surface area contributed by atoms with Crippen LogP contribution in [0.5, 0.6) is 5.75 Å². The molecule has 0 aromatic heterocycles. The Morgan fingerprint density at radius 1 is 1.15 bits per heavy atom. The summed E-state index contributed by atoms with van der Waals surface area (Å²) in [7, 11) is 0. The van der Waals surface area contributed by atoms with Gasteiger partial charge >= 0.3 is 0 Å². The number of hydrogen-bond donors (Lipinski definition) is 1. The number of alkyl halides is 3. The minimum Gasteiger partial charge on any atom is -0.466 e. The van der Waals surface area contributed by atoms with Crippen LogP contribution >= 0.6 is 58.8 Å². The molecule has 2 amide bonds. The monoisotopic (exact) mass is 556 g/mol. The van der Waals surface area contributed by atoms with Crippen LogP contribution in [0, 0.1) is 5.92 Å². The van der Waals surface area contributed by atoms with E-state index in [1.165, 1.54) is 11.8 Å². The lowest BCUT2D eigenvalue weighted by Gasteiger charge is -2.26. The standard InChI is InChI=1S/C24H23Cl3N2O3S2/c1-15(2)12-20(30)28-22(24(25,26)27)32-18-10-8-16(9-11-18)13-19-21(31)29(23(33)34-19)14-17-6-4-3-5-7-17/h3-11,13,15,22H,12,14H2,1-2H3,(H,28,30)/b19-13-/t22-/m0/s1. The van der Waals surface area contributed by atoms with Gasteiger partial charge in [0.1, 0.15) is 10.1 Å². The molecule has 0 radical (unpaired) electrons. The third-order valence-electron chi connectivity index (χ3n) is 4.67. The van der Waals surface area contributed by atoms with Crippen LogP contribution in [0.4, 0.5) is 0 Å². The molecule has 1 heterocycles. The molecule has 0 aliphatic carbocycles. The fraction of sp³-hybridized carbons (Fsp3) is 0.292. The summed E-state index contributed by atoms with van der Waals surface area (Å²) in [4.78, 5) is 27.1. The van der Waals surface area contributed by atoms with Crippen molar-refractivity contribution in [3.05, 3.63) is 70.6 Å². The normalized spacial score (nSPS) is 16.3. The number of carbonyl (C=O) groups is 2. The highest BCUT2D eigenvalue weighted by molar-refractivity contribution is 8.26. The molecule has 1 aliphatic rings. The summed E-state index contributed by atoms with van der Waals surface area (Å²) >= 11 is 24.7. The molecule has 180 valence electrons. The molecule has 34 heavy (non-hydrogen) atoms. The maximum absolute atomic E-state index is 12.9. The second-order valence-corrected chi connectivity index (χ2v) is 12.1. The first-order valence-corrected chi connectivity index (χ1v) is 12.8. The molecule has 3 rings (SSSR count). The van der Waals surface area contributed by atoms with Crippen LogP contribution in [0.3, 0.4) is 0 Å². The Morgan fingerprint density at radius 2 is 1.79 bits per heavy atom. The van der Waals surface area contributed by atoms with Crippen LogP contribution < -0.4 is 10.1 Å². The second kappa shape index (κ2) is 11.8. The van der Waals surface area contributed by atoms with Crippen molar-refractivity contribution in [2.75, 3.05) is 0 Å². The average molecular weight is 558 g/mol. The number of thiocarbonyl (C=S) groups is 1. The zero-order valence-corrected chi connectivity index (χ0v) is 22.4. The first kappa shape index (κ1) is 26.8. The lowest BCUT2D eigenvalue weighted by atomic mass is 10.1. The van der Waals surface area contributed by atoms with Crippen LogP contribution in [0.2, 0.25) is 0 Å². The van der Waals surface area contributed by atoms with Gasteiger partial charge in [0.15, 0.2) is 0 Å². The summed E-state index contributed by atoms with van der Waals surface area (Å²) in [5.74, 6) is 0.134. The van der Waals surface area contributed by atoms with Gasteiger partial charge in [0.25, 0.3) is 5.91 Å². The topological polar surface area (TPSA) is 58.6 Å². The number of halogens is 3. The zero-order valence-electron chi connectivity index (χ0n) is 18.5. The zero-order chi connectivity index (χ0) is 24.9. The quantitative estimate of drug-likeness (QED) is 0.178. The minimum atomic E-state index is -1.86. The van der Waals surface area contributed by atoms with Gasteiger partial charge in [-0.2, -0.15) is 0 Å². The lowest BCUT2D eigenvalue weighted by Crippen LogP contribution is -2.48. The summed E-state index contributed by atoms with van der Waals surface area (Å²) in [6, 6.07) is 16.6. The molecule has 1 N–H and O–H groups in total. The lowest BCUT2D eigenvalue weighted by molar-refractivity contribution is -0.124. The van der Waals surface area contributed by atoms with E-state index in [1.54, 1.807) is 35.2 Å². The van der Waals surface area contributed by atoms with Crippen molar-refractivity contribution >= 4 is 81.0 Å². The molecule has 1 aliphatic heterocycles. The third kappa shape index (κ3) is 7.62. The maximum atomic E-state index is 12.9. The van der Waals surface area contributed by atoms with Gasteiger partial charge in [-0.1, -0.05) is 115 Å². The third-order valence-corrected chi connectivity index (χ3v) is 6.64. The highest BCUT2D eigenvalue weighted by Crippen LogP contribution is 2.35. The summed E-state index contributed by atoms with van der Waals surface area (Å²) in [5, 5.41) is 2.61. The summed E-state index contributed by atoms with van der Waals surface area (Å²) in [6.45, 7) is 4.26. The molecular weight excluding hydrogens is 535 g/mol. The second-order valence-electron chi connectivity index (χ2n) is 8.03. The number of carbonyl (C=O) groups excluding carboxylic acids is 2. The van der Waals surface area contributed by atoms with Gasteiger partial charge in [-0.25, -0.2) is 0 Å². The van der Waals surface area contributed by atoms with Crippen molar-refractivity contribution in [2.24, 2.45) is 5.92 Å². The molecule has 1 atom stereocenters. The Labute approximate surface area is 223 Å². The van der Waals surface area contributed by atoms with Gasteiger partial charge in [0.05, 0.1) is 11.4 Å². The number of hydrogen-bond acceptors (Lipinski definition) is 5. The molecule has 0 unspecified atom stereocenters. The summed E-state index contributed by atoms with van der Waals surface area (Å²) < 4.78 is 4.38. The number of nitrogens with zero attached hydrogens (tertiary/aromatic N) is 1. The van der Waals surface area contributed by atoms with E-state index in [-0.39, 0.29) is 24.2 Å². The Kier molecular flexibility index (Phi) is 9.29. The van der Waals surface area contributed by atoms with E-state index < -0.39 is 10.0 Å². The Morgan fingerprint density at radius 3 is 2.38 bits per heavy atom. The van der Waals surface area contributed by atoms with Crippen molar-refractivity contribution in [3.8, 4) is 5.75 Å². The molecule has 2 aromatic rings. The summed E-state index contributed by atoms with van der Waals surface area (Å²) in [5.41, 5.74) is 1.78. The molecule has 1 fully saturated rings. The minimum absolute atomic E-state index is 0.136. The predicted molar refractivity (Wildman–Crippen MR) is 144 cm³/mol. The van der Waals surface area contributed by atoms with Crippen molar-refractivity contribution in [3.63, 3.8) is 0 Å². The first-order chi connectivity index (χ1) is 16.0. The van der Waals surface area contributed by atoms with Gasteiger partial charge < -0.3 is 10.1 Å². The smallest absolute Gasteiger partial charge is 0.266 e. The molecule has 5 nitrogen and oxygen atoms in total. The predicted octanol–water partition coefficient (Wildman–Crippen LogP) is 6.33. The molecule has 10 heteroatoms. The van der Waals surface area contributed by atoms with Gasteiger partial charge in [0.2, 0.25) is 15.9 Å². The molecular formula is C24H23Cl3N2O3S2. The van der Waals surface area contributed by atoms with E-state index in [0.29, 0.717) is 21.5 Å². The number of ether oxygens (including phenoxy) is 1. The molecule has 0 spiro atoms. The van der Waals surface area contributed by atoms with Crippen molar-refractivity contribution in [1.29, 1.82) is 0 Å². The highest BCUT2D eigenvalue weighted by Gasteiger charge is 2.36. The number of amides is 2. The average Bonchev–Trinajstić information content (AvgIpc) is 3.01. The van der Waals surface area contributed by atoms with E-state index >= 15 is 0 Å². The molecule has 1 saturated heterocycles. The Hall–Kier alpha value is -1.77. The largest absolute Gasteiger partial charge is 0.466 e. The number of thioether (sulfide) groups is 1. The fourth-order valence-electron chi connectivity index (χ4n) is 3.09. The maximum Gasteiger partial charge on any atom is 0.266 e. The van der Waals surface area contributed by atoms with Crippen LogP contribution in [0.15, 0.2) is 59.5 Å². The van der Waals surface area contributed by atoms with E-state index in [0.717, 1.165) is 11.1 Å². The SMILES string of the molecule is CC(C)CC(=O)N[C@@H](Oc1ccc(/C=C2\SC(=S)N(Cc3ccccc3)C2=O)cc1)C(Cl)(Cl)Cl.